The van der Waals surface area contributed by atoms with Crippen LogP contribution in [0, 0.1) is 6.92 Å². The lowest BCUT2D eigenvalue weighted by Crippen LogP contribution is -2.12. The van der Waals surface area contributed by atoms with Gasteiger partial charge >= 0.3 is 0 Å². The first-order valence-electron chi connectivity index (χ1n) is 5.70. The third-order valence-electron chi connectivity index (χ3n) is 2.53. The highest BCUT2D eigenvalue weighted by molar-refractivity contribution is 6.32. The molecule has 0 radical (unpaired) electrons. The summed E-state index contributed by atoms with van der Waals surface area (Å²) in [5, 5.41) is 8.41. The number of halogens is 1. The molecule has 0 saturated heterocycles. The lowest BCUT2D eigenvalue weighted by atomic mass is 10.2. The highest BCUT2D eigenvalue weighted by atomic mass is 35.5. The van der Waals surface area contributed by atoms with E-state index in [1.807, 2.05) is 37.3 Å². The number of carbonyl (C=O) groups excluding carboxylic acids is 1. The van der Waals surface area contributed by atoms with Gasteiger partial charge in [0, 0.05) is 6.92 Å². The first kappa shape index (κ1) is 13.3. The minimum Gasteiger partial charge on any atom is -0.274 e. The molecule has 2 aromatic rings. The van der Waals surface area contributed by atoms with E-state index in [1.54, 1.807) is 4.68 Å². The predicted molar refractivity (Wildman–Crippen MR) is 74.7 cm³/mol. The molecule has 98 valence electrons. The molecule has 0 aliphatic rings. The Morgan fingerprint density at radius 1 is 1.42 bits per heavy atom. The maximum absolute atomic E-state index is 10.8. The molecule has 2 rings (SSSR count). The van der Waals surface area contributed by atoms with Gasteiger partial charge < -0.3 is 0 Å². The lowest BCUT2D eigenvalue weighted by Gasteiger charge is -2.03. The van der Waals surface area contributed by atoms with Crippen LogP contribution >= 0.6 is 11.6 Å². The highest BCUT2D eigenvalue weighted by Gasteiger charge is 2.12. The molecule has 5 nitrogen and oxygen atoms in total. The third kappa shape index (κ3) is 3.00. The van der Waals surface area contributed by atoms with Crippen LogP contribution < -0.4 is 5.43 Å². The number of nitrogens with one attached hydrogen (secondary N) is 1. The van der Waals surface area contributed by atoms with Crippen LogP contribution in [0.5, 0.6) is 0 Å². The molecule has 1 heterocycles. The van der Waals surface area contributed by atoms with Crippen LogP contribution in [0.25, 0.3) is 5.69 Å². The van der Waals surface area contributed by atoms with Gasteiger partial charge in [-0.15, -0.1) is 0 Å². The van der Waals surface area contributed by atoms with Crippen molar-refractivity contribution in [1.82, 2.24) is 15.2 Å². The maximum Gasteiger partial charge on any atom is 0.236 e. The van der Waals surface area contributed by atoms with Crippen LogP contribution in [0.3, 0.4) is 0 Å². The SMILES string of the molecule is CC(=O)N/N=C\c1c(Cl)nn(-c2ccccc2)c1C. The van der Waals surface area contributed by atoms with Crippen molar-refractivity contribution >= 4 is 23.7 Å². The molecule has 6 heteroatoms. The Labute approximate surface area is 115 Å². The fraction of sp³-hybridized carbons (Fsp3) is 0.154. The zero-order valence-electron chi connectivity index (χ0n) is 10.6. The van der Waals surface area contributed by atoms with Crippen LogP contribution in [0.15, 0.2) is 35.4 Å². The first-order valence-corrected chi connectivity index (χ1v) is 6.07. The van der Waals surface area contributed by atoms with Crippen molar-refractivity contribution in [3.8, 4) is 5.69 Å². The van der Waals surface area contributed by atoms with E-state index in [0.717, 1.165) is 11.4 Å². The smallest absolute Gasteiger partial charge is 0.236 e. The average Bonchev–Trinajstić information content (AvgIpc) is 2.67. The second-order valence-electron chi connectivity index (χ2n) is 3.96. The molecule has 0 aliphatic heterocycles. The third-order valence-corrected chi connectivity index (χ3v) is 2.81. The number of amides is 1. The minimum atomic E-state index is -0.236. The number of para-hydroxylation sites is 1. The number of hydrogen-bond acceptors (Lipinski definition) is 3. The number of hydrazone groups is 1. The van der Waals surface area contributed by atoms with Crippen LogP contribution in [0.2, 0.25) is 5.15 Å². The van der Waals surface area contributed by atoms with Gasteiger partial charge in [0.25, 0.3) is 0 Å². The molecule has 0 bridgehead atoms. The fourth-order valence-electron chi connectivity index (χ4n) is 1.64. The summed E-state index contributed by atoms with van der Waals surface area (Å²) in [6.07, 6.45) is 1.49. The lowest BCUT2D eigenvalue weighted by molar-refractivity contribution is -0.118. The highest BCUT2D eigenvalue weighted by Crippen LogP contribution is 2.20. The maximum atomic E-state index is 10.8. The van der Waals surface area contributed by atoms with E-state index in [0.29, 0.717) is 10.7 Å². The fourth-order valence-corrected chi connectivity index (χ4v) is 1.90. The Morgan fingerprint density at radius 3 is 2.74 bits per heavy atom. The molecule has 0 atom stereocenters. The standard InChI is InChI=1S/C13H13ClN4O/c1-9-12(8-15-16-10(2)19)13(14)17-18(9)11-6-4-3-5-7-11/h3-8H,1-2H3,(H,16,19)/b15-8-. The van der Waals surface area contributed by atoms with E-state index < -0.39 is 0 Å². The Bertz CT molecular complexity index is 619. The van der Waals surface area contributed by atoms with Gasteiger partial charge in [0.1, 0.15) is 0 Å². The van der Waals surface area contributed by atoms with Gasteiger partial charge in [0.15, 0.2) is 5.15 Å². The van der Waals surface area contributed by atoms with E-state index in [4.69, 9.17) is 11.6 Å². The molecule has 0 saturated carbocycles. The Kier molecular flexibility index (Phi) is 3.97. The number of aromatic nitrogens is 2. The largest absolute Gasteiger partial charge is 0.274 e. The summed E-state index contributed by atoms with van der Waals surface area (Å²) in [6, 6.07) is 9.66. The summed E-state index contributed by atoms with van der Waals surface area (Å²) in [6.45, 7) is 3.28. The Balaban J connectivity index is 2.35. The van der Waals surface area contributed by atoms with E-state index in [2.05, 4.69) is 15.6 Å². The molecule has 0 aliphatic carbocycles. The van der Waals surface area contributed by atoms with Gasteiger partial charge in [-0.1, -0.05) is 29.8 Å². The number of rotatable bonds is 3. The molecule has 0 spiro atoms. The number of hydrogen-bond donors (Lipinski definition) is 1. The van der Waals surface area contributed by atoms with E-state index in [1.165, 1.54) is 13.1 Å². The van der Waals surface area contributed by atoms with Crippen molar-refractivity contribution in [3.63, 3.8) is 0 Å². The van der Waals surface area contributed by atoms with Crippen molar-refractivity contribution in [1.29, 1.82) is 0 Å². The number of nitrogens with zero attached hydrogens (tertiary/aromatic N) is 3. The molecule has 0 unspecified atom stereocenters. The molecule has 1 aromatic carbocycles. The van der Waals surface area contributed by atoms with Gasteiger partial charge in [-0.05, 0) is 19.1 Å². The number of benzene rings is 1. The van der Waals surface area contributed by atoms with E-state index >= 15 is 0 Å². The van der Waals surface area contributed by atoms with Crippen molar-refractivity contribution in [2.24, 2.45) is 5.10 Å². The van der Waals surface area contributed by atoms with Crippen LogP contribution in [0.4, 0.5) is 0 Å². The molecule has 1 N–H and O–H groups in total. The average molecular weight is 277 g/mol. The zero-order chi connectivity index (χ0) is 13.8. The van der Waals surface area contributed by atoms with Crippen LogP contribution in [-0.4, -0.2) is 21.9 Å². The molecule has 1 aromatic heterocycles. The molecule has 0 fully saturated rings. The second-order valence-corrected chi connectivity index (χ2v) is 4.32. The first-order chi connectivity index (χ1) is 9.09. The van der Waals surface area contributed by atoms with Crippen molar-refractivity contribution in [2.45, 2.75) is 13.8 Å². The second kappa shape index (κ2) is 5.67. The monoisotopic (exact) mass is 276 g/mol. The summed E-state index contributed by atoms with van der Waals surface area (Å²) < 4.78 is 1.73. The summed E-state index contributed by atoms with van der Waals surface area (Å²) in [7, 11) is 0. The van der Waals surface area contributed by atoms with Crippen LogP contribution in [-0.2, 0) is 4.79 Å². The van der Waals surface area contributed by atoms with Gasteiger partial charge in [0.2, 0.25) is 5.91 Å². The Morgan fingerprint density at radius 2 is 2.11 bits per heavy atom. The summed E-state index contributed by atoms with van der Waals surface area (Å²) in [4.78, 5) is 10.8. The topological polar surface area (TPSA) is 59.3 Å². The van der Waals surface area contributed by atoms with Crippen molar-refractivity contribution in [2.75, 3.05) is 0 Å². The minimum absolute atomic E-state index is 0.236. The van der Waals surface area contributed by atoms with Crippen LogP contribution in [0.1, 0.15) is 18.2 Å². The van der Waals surface area contributed by atoms with Crippen molar-refractivity contribution in [3.05, 3.63) is 46.7 Å². The van der Waals surface area contributed by atoms with E-state index in [-0.39, 0.29) is 5.91 Å². The van der Waals surface area contributed by atoms with E-state index in [9.17, 15) is 4.79 Å². The Hall–Kier alpha value is -2.14. The summed E-state index contributed by atoms with van der Waals surface area (Å²) >= 11 is 6.08. The normalized spacial score (nSPS) is 10.9. The number of carbonyl (C=O) groups is 1. The molecular weight excluding hydrogens is 264 g/mol. The summed E-state index contributed by atoms with van der Waals surface area (Å²) in [5.41, 5.74) is 4.78. The zero-order valence-corrected chi connectivity index (χ0v) is 11.3. The molecule has 19 heavy (non-hydrogen) atoms. The van der Waals surface area contributed by atoms with Gasteiger partial charge in [0.05, 0.1) is 23.2 Å². The van der Waals surface area contributed by atoms with Gasteiger partial charge in [-0.3, -0.25) is 4.79 Å². The molecular formula is C13H13ClN4O. The van der Waals surface area contributed by atoms with Gasteiger partial charge in [-0.25, -0.2) is 10.1 Å². The van der Waals surface area contributed by atoms with Crippen molar-refractivity contribution < 1.29 is 4.79 Å². The molecule has 1 amide bonds. The van der Waals surface area contributed by atoms with Gasteiger partial charge in [-0.2, -0.15) is 10.2 Å². The summed E-state index contributed by atoms with van der Waals surface area (Å²) in [5.74, 6) is -0.236. The predicted octanol–water partition coefficient (Wildman–Crippen LogP) is 2.30. The quantitative estimate of drug-likeness (QED) is 0.691.